The summed E-state index contributed by atoms with van der Waals surface area (Å²) in [5, 5.41) is 0. The van der Waals surface area contributed by atoms with Crippen LogP contribution in [0.15, 0.2) is 36.4 Å². The van der Waals surface area contributed by atoms with Gasteiger partial charge in [-0.3, -0.25) is 0 Å². The molecule has 0 fully saturated rings. The van der Waals surface area contributed by atoms with Crippen LogP contribution >= 0.6 is 0 Å². The first-order valence-corrected chi connectivity index (χ1v) is 5.67. The monoisotopic (exact) mass is 244 g/mol. The molecule has 1 heterocycles. The summed E-state index contributed by atoms with van der Waals surface area (Å²) in [5.74, 6) is 1.09. The van der Waals surface area contributed by atoms with E-state index in [9.17, 15) is 0 Å². The summed E-state index contributed by atoms with van der Waals surface area (Å²) in [6.45, 7) is 0.540. The van der Waals surface area contributed by atoms with Crippen LogP contribution in [0.5, 0.6) is 11.8 Å². The molecule has 0 amide bonds. The summed E-state index contributed by atoms with van der Waals surface area (Å²) >= 11 is 0. The number of benzene rings is 1. The summed E-state index contributed by atoms with van der Waals surface area (Å²) in [6.07, 6.45) is 0. The number of aromatic nitrogens is 1. The normalized spacial score (nSPS) is 10.2. The first-order chi connectivity index (χ1) is 8.78. The molecule has 1 aromatic heterocycles. The standard InChI is InChI=1S/C14H16N2O2/c1-17-13-8-7-12(14(16-13)18-2)11-5-3-10(9-15)4-6-11/h3-8H,9,15H2,1-2H3. The van der Waals surface area contributed by atoms with Crippen molar-refractivity contribution in [3.63, 3.8) is 0 Å². The predicted octanol–water partition coefficient (Wildman–Crippen LogP) is 2.22. The van der Waals surface area contributed by atoms with E-state index in [2.05, 4.69) is 4.98 Å². The second kappa shape index (κ2) is 5.51. The second-order valence-electron chi connectivity index (χ2n) is 3.81. The number of hydrogen-bond acceptors (Lipinski definition) is 4. The van der Waals surface area contributed by atoms with Crippen LogP contribution in [0.3, 0.4) is 0 Å². The molecule has 2 N–H and O–H groups in total. The summed E-state index contributed by atoms with van der Waals surface area (Å²) in [6, 6.07) is 11.8. The fraction of sp³-hybridized carbons (Fsp3) is 0.214. The molecule has 0 radical (unpaired) electrons. The van der Waals surface area contributed by atoms with E-state index in [0.29, 0.717) is 18.3 Å². The van der Waals surface area contributed by atoms with E-state index in [0.717, 1.165) is 16.7 Å². The van der Waals surface area contributed by atoms with Gasteiger partial charge in [-0.25, -0.2) is 0 Å². The molecule has 18 heavy (non-hydrogen) atoms. The molecule has 0 atom stereocenters. The summed E-state index contributed by atoms with van der Waals surface area (Å²) in [5.41, 5.74) is 8.65. The van der Waals surface area contributed by atoms with Crippen molar-refractivity contribution in [1.82, 2.24) is 4.98 Å². The molecule has 0 saturated carbocycles. The number of nitrogens with zero attached hydrogens (tertiary/aromatic N) is 1. The molecule has 0 spiro atoms. The van der Waals surface area contributed by atoms with Gasteiger partial charge in [-0.05, 0) is 17.2 Å². The lowest BCUT2D eigenvalue weighted by Crippen LogP contribution is -1.97. The number of hydrogen-bond donors (Lipinski definition) is 1. The number of rotatable bonds is 4. The van der Waals surface area contributed by atoms with Crippen molar-refractivity contribution in [1.29, 1.82) is 0 Å². The third-order valence-electron chi connectivity index (χ3n) is 2.74. The zero-order valence-corrected chi connectivity index (χ0v) is 10.5. The lowest BCUT2D eigenvalue weighted by atomic mass is 10.1. The van der Waals surface area contributed by atoms with Gasteiger partial charge < -0.3 is 15.2 Å². The van der Waals surface area contributed by atoms with E-state index in [4.69, 9.17) is 15.2 Å². The number of pyridine rings is 1. The van der Waals surface area contributed by atoms with Crippen LogP contribution in [0.1, 0.15) is 5.56 Å². The van der Waals surface area contributed by atoms with Gasteiger partial charge in [0.05, 0.1) is 14.2 Å². The van der Waals surface area contributed by atoms with Crippen LogP contribution in [-0.4, -0.2) is 19.2 Å². The highest BCUT2D eigenvalue weighted by Gasteiger charge is 2.08. The number of ether oxygens (including phenoxy) is 2. The minimum absolute atomic E-state index is 0.536. The average Bonchev–Trinajstić information content (AvgIpc) is 2.46. The zero-order chi connectivity index (χ0) is 13.0. The van der Waals surface area contributed by atoms with E-state index in [-0.39, 0.29) is 0 Å². The lowest BCUT2D eigenvalue weighted by molar-refractivity contribution is 0.366. The Kier molecular flexibility index (Phi) is 3.79. The molecule has 2 aromatic rings. The number of methoxy groups -OCH3 is 2. The maximum Gasteiger partial charge on any atom is 0.224 e. The molecule has 4 nitrogen and oxygen atoms in total. The van der Waals surface area contributed by atoms with Gasteiger partial charge >= 0.3 is 0 Å². The average molecular weight is 244 g/mol. The quantitative estimate of drug-likeness (QED) is 0.896. The van der Waals surface area contributed by atoms with Crippen LogP contribution in [-0.2, 0) is 6.54 Å². The predicted molar refractivity (Wildman–Crippen MR) is 70.7 cm³/mol. The first kappa shape index (κ1) is 12.4. The van der Waals surface area contributed by atoms with Crippen molar-refractivity contribution in [3.8, 4) is 22.9 Å². The Hall–Kier alpha value is -2.07. The van der Waals surface area contributed by atoms with E-state index in [1.54, 1.807) is 14.2 Å². The van der Waals surface area contributed by atoms with Gasteiger partial charge in [-0.15, -0.1) is 0 Å². The first-order valence-electron chi connectivity index (χ1n) is 5.67. The van der Waals surface area contributed by atoms with Gasteiger partial charge in [-0.1, -0.05) is 24.3 Å². The molecule has 0 aliphatic carbocycles. The highest BCUT2D eigenvalue weighted by Crippen LogP contribution is 2.30. The van der Waals surface area contributed by atoms with E-state index in [1.807, 2.05) is 36.4 Å². The number of nitrogens with two attached hydrogens (primary N) is 1. The van der Waals surface area contributed by atoms with Crippen molar-refractivity contribution in [2.75, 3.05) is 14.2 Å². The summed E-state index contributed by atoms with van der Waals surface area (Å²) in [4.78, 5) is 4.26. The van der Waals surface area contributed by atoms with Crippen molar-refractivity contribution in [2.24, 2.45) is 5.73 Å². The van der Waals surface area contributed by atoms with Gasteiger partial charge in [0.1, 0.15) is 0 Å². The van der Waals surface area contributed by atoms with Gasteiger partial charge in [0.15, 0.2) is 0 Å². The third-order valence-corrected chi connectivity index (χ3v) is 2.74. The van der Waals surface area contributed by atoms with Crippen LogP contribution in [0.2, 0.25) is 0 Å². The maximum absolute atomic E-state index is 5.58. The Morgan fingerprint density at radius 1 is 1.00 bits per heavy atom. The molecular weight excluding hydrogens is 228 g/mol. The van der Waals surface area contributed by atoms with Crippen LogP contribution in [0.25, 0.3) is 11.1 Å². The summed E-state index contributed by atoms with van der Waals surface area (Å²) in [7, 11) is 3.18. The fourth-order valence-corrected chi connectivity index (χ4v) is 1.73. The van der Waals surface area contributed by atoms with Crippen molar-refractivity contribution >= 4 is 0 Å². The Bertz CT molecular complexity index is 524. The lowest BCUT2D eigenvalue weighted by Gasteiger charge is -2.09. The molecule has 1 aromatic carbocycles. The van der Waals surface area contributed by atoms with Gasteiger partial charge in [-0.2, -0.15) is 4.98 Å². The fourth-order valence-electron chi connectivity index (χ4n) is 1.73. The van der Waals surface area contributed by atoms with Crippen molar-refractivity contribution in [2.45, 2.75) is 6.54 Å². The van der Waals surface area contributed by atoms with Gasteiger partial charge in [0.25, 0.3) is 0 Å². The molecule has 0 saturated heterocycles. The third kappa shape index (κ3) is 2.43. The molecule has 0 unspecified atom stereocenters. The Morgan fingerprint density at radius 2 is 1.72 bits per heavy atom. The molecular formula is C14H16N2O2. The Labute approximate surface area is 106 Å². The summed E-state index contributed by atoms with van der Waals surface area (Å²) < 4.78 is 10.4. The molecule has 94 valence electrons. The van der Waals surface area contributed by atoms with Crippen LogP contribution < -0.4 is 15.2 Å². The molecule has 0 aliphatic rings. The highest BCUT2D eigenvalue weighted by molar-refractivity contribution is 5.69. The largest absolute Gasteiger partial charge is 0.481 e. The Balaban J connectivity index is 2.42. The smallest absolute Gasteiger partial charge is 0.224 e. The highest BCUT2D eigenvalue weighted by atomic mass is 16.5. The van der Waals surface area contributed by atoms with Crippen LogP contribution in [0.4, 0.5) is 0 Å². The van der Waals surface area contributed by atoms with Gasteiger partial charge in [0.2, 0.25) is 11.8 Å². The SMILES string of the molecule is COc1ccc(-c2ccc(CN)cc2)c(OC)n1. The molecule has 4 heteroatoms. The Morgan fingerprint density at radius 3 is 2.28 bits per heavy atom. The molecule has 2 rings (SSSR count). The molecule has 0 aliphatic heterocycles. The van der Waals surface area contributed by atoms with E-state index in [1.165, 1.54) is 0 Å². The maximum atomic E-state index is 5.58. The van der Waals surface area contributed by atoms with E-state index >= 15 is 0 Å². The molecule has 0 bridgehead atoms. The zero-order valence-electron chi connectivity index (χ0n) is 10.5. The minimum Gasteiger partial charge on any atom is -0.481 e. The second-order valence-corrected chi connectivity index (χ2v) is 3.81. The van der Waals surface area contributed by atoms with Gasteiger partial charge in [0, 0.05) is 18.2 Å². The van der Waals surface area contributed by atoms with Crippen molar-refractivity contribution in [3.05, 3.63) is 42.0 Å². The van der Waals surface area contributed by atoms with Crippen LogP contribution in [0, 0.1) is 0 Å². The minimum atomic E-state index is 0.536. The topological polar surface area (TPSA) is 57.4 Å². The van der Waals surface area contributed by atoms with E-state index < -0.39 is 0 Å². The van der Waals surface area contributed by atoms with Crippen molar-refractivity contribution < 1.29 is 9.47 Å².